The zero-order valence-corrected chi connectivity index (χ0v) is 10.4. The molecule has 1 atom stereocenters. The lowest BCUT2D eigenvalue weighted by Gasteiger charge is -2.14. The molecule has 0 heterocycles. The maximum Gasteiger partial charge on any atom is 0.119 e. The highest BCUT2D eigenvalue weighted by Gasteiger charge is 2.03. The summed E-state index contributed by atoms with van der Waals surface area (Å²) in [6.45, 7) is 8.09. The minimum absolute atomic E-state index is 0.307. The molecular formula is C15H22O. The highest BCUT2D eigenvalue weighted by Crippen LogP contribution is 2.16. The van der Waals surface area contributed by atoms with E-state index < -0.39 is 0 Å². The average molecular weight is 218 g/mol. The van der Waals surface area contributed by atoms with Gasteiger partial charge in [0.05, 0.1) is 6.10 Å². The van der Waals surface area contributed by atoms with Crippen LogP contribution >= 0.6 is 0 Å². The molecule has 0 bridgehead atoms. The first-order valence-electron chi connectivity index (χ1n) is 6.15. The Morgan fingerprint density at radius 1 is 1.25 bits per heavy atom. The normalized spacial score (nSPS) is 12.1. The summed E-state index contributed by atoms with van der Waals surface area (Å²) in [7, 11) is 0. The molecular weight excluding hydrogens is 196 g/mol. The Labute approximate surface area is 99.1 Å². The van der Waals surface area contributed by atoms with Crippen molar-refractivity contribution in [3.63, 3.8) is 0 Å². The number of ether oxygens (including phenoxy) is 1. The average Bonchev–Trinajstić information content (AvgIpc) is 2.30. The van der Waals surface area contributed by atoms with Gasteiger partial charge in [-0.2, -0.15) is 0 Å². The molecule has 0 fully saturated rings. The van der Waals surface area contributed by atoms with Crippen LogP contribution in [0.25, 0.3) is 6.08 Å². The molecule has 1 heteroatoms. The molecule has 0 aliphatic carbocycles. The second-order valence-corrected chi connectivity index (χ2v) is 4.20. The lowest BCUT2D eigenvalue weighted by atomic mass is 10.1. The fourth-order valence-corrected chi connectivity index (χ4v) is 1.66. The standard InChI is InChI=1S/C15H22O/c1-4-6-7-8-13(3)16-15-11-9-14(5-2)10-12-15/h5,9-13H,2,4,6-8H2,1,3H3. The van der Waals surface area contributed by atoms with Crippen LogP contribution in [0, 0.1) is 0 Å². The van der Waals surface area contributed by atoms with Gasteiger partial charge in [-0.05, 0) is 37.5 Å². The monoisotopic (exact) mass is 218 g/mol. The van der Waals surface area contributed by atoms with Crippen molar-refractivity contribution in [2.24, 2.45) is 0 Å². The predicted molar refractivity (Wildman–Crippen MR) is 70.8 cm³/mol. The Kier molecular flexibility index (Phi) is 5.69. The van der Waals surface area contributed by atoms with Crippen LogP contribution in [0.4, 0.5) is 0 Å². The molecule has 1 aromatic rings. The van der Waals surface area contributed by atoms with E-state index in [0.29, 0.717) is 6.10 Å². The van der Waals surface area contributed by atoms with Gasteiger partial charge >= 0.3 is 0 Å². The number of hydrogen-bond acceptors (Lipinski definition) is 1. The van der Waals surface area contributed by atoms with Crippen LogP contribution in [0.1, 0.15) is 45.1 Å². The van der Waals surface area contributed by atoms with Gasteiger partial charge in [-0.1, -0.05) is 44.6 Å². The van der Waals surface area contributed by atoms with Crippen molar-refractivity contribution in [2.45, 2.75) is 45.6 Å². The lowest BCUT2D eigenvalue weighted by molar-refractivity contribution is 0.206. The SMILES string of the molecule is C=Cc1ccc(OC(C)CCCCC)cc1. The van der Waals surface area contributed by atoms with E-state index in [1.807, 2.05) is 30.3 Å². The molecule has 0 saturated heterocycles. The number of rotatable bonds is 7. The van der Waals surface area contributed by atoms with Gasteiger partial charge < -0.3 is 4.74 Å². The Hall–Kier alpha value is -1.24. The summed E-state index contributed by atoms with van der Waals surface area (Å²) in [6, 6.07) is 8.07. The molecule has 1 unspecified atom stereocenters. The molecule has 0 aliphatic rings. The second kappa shape index (κ2) is 7.10. The molecule has 1 aromatic carbocycles. The smallest absolute Gasteiger partial charge is 0.119 e. The summed E-state index contributed by atoms with van der Waals surface area (Å²) in [4.78, 5) is 0. The van der Waals surface area contributed by atoms with Crippen molar-refractivity contribution in [3.8, 4) is 5.75 Å². The van der Waals surface area contributed by atoms with E-state index in [1.165, 1.54) is 19.3 Å². The highest BCUT2D eigenvalue weighted by atomic mass is 16.5. The van der Waals surface area contributed by atoms with E-state index in [4.69, 9.17) is 4.74 Å². The molecule has 16 heavy (non-hydrogen) atoms. The van der Waals surface area contributed by atoms with Crippen LogP contribution in [0.3, 0.4) is 0 Å². The Morgan fingerprint density at radius 2 is 1.94 bits per heavy atom. The summed E-state index contributed by atoms with van der Waals surface area (Å²) in [5.41, 5.74) is 1.13. The number of hydrogen-bond donors (Lipinski definition) is 0. The second-order valence-electron chi connectivity index (χ2n) is 4.20. The van der Waals surface area contributed by atoms with Crippen molar-refractivity contribution in [2.75, 3.05) is 0 Å². The third-order valence-corrected chi connectivity index (χ3v) is 2.67. The first-order valence-corrected chi connectivity index (χ1v) is 6.15. The largest absolute Gasteiger partial charge is 0.491 e. The van der Waals surface area contributed by atoms with Crippen LogP contribution < -0.4 is 4.74 Å². The summed E-state index contributed by atoms with van der Waals surface area (Å²) >= 11 is 0. The molecule has 0 aromatic heterocycles. The number of unbranched alkanes of at least 4 members (excludes halogenated alkanes) is 2. The highest BCUT2D eigenvalue weighted by molar-refractivity contribution is 5.48. The first-order chi connectivity index (χ1) is 7.76. The van der Waals surface area contributed by atoms with Gasteiger partial charge in [0.2, 0.25) is 0 Å². The van der Waals surface area contributed by atoms with Crippen molar-refractivity contribution in [1.82, 2.24) is 0 Å². The van der Waals surface area contributed by atoms with Crippen molar-refractivity contribution in [1.29, 1.82) is 0 Å². The third-order valence-electron chi connectivity index (χ3n) is 2.67. The van der Waals surface area contributed by atoms with Gasteiger partial charge in [0.15, 0.2) is 0 Å². The number of benzene rings is 1. The summed E-state index contributed by atoms with van der Waals surface area (Å²) in [6.07, 6.45) is 7.10. The minimum atomic E-state index is 0.307. The van der Waals surface area contributed by atoms with Gasteiger partial charge in [0.1, 0.15) is 5.75 Å². The molecule has 0 saturated carbocycles. The van der Waals surface area contributed by atoms with Crippen LogP contribution in [0.15, 0.2) is 30.8 Å². The van der Waals surface area contributed by atoms with Crippen molar-refractivity contribution < 1.29 is 4.74 Å². The Bertz CT molecular complexity index is 300. The van der Waals surface area contributed by atoms with Gasteiger partial charge in [0, 0.05) is 0 Å². The molecule has 1 nitrogen and oxygen atoms in total. The van der Waals surface area contributed by atoms with E-state index in [-0.39, 0.29) is 0 Å². The van der Waals surface area contributed by atoms with E-state index in [0.717, 1.165) is 17.7 Å². The molecule has 1 rings (SSSR count). The molecule has 88 valence electrons. The summed E-state index contributed by atoms with van der Waals surface area (Å²) in [5, 5.41) is 0. The fourth-order valence-electron chi connectivity index (χ4n) is 1.66. The molecule has 0 amide bonds. The van der Waals surface area contributed by atoms with Gasteiger partial charge in [-0.3, -0.25) is 0 Å². The van der Waals surface area contributed by atoms with Crippen LogP contribution in [0.5, 0.6) is 5.75 Å². The topological polar surface area (TPSA) is 9.23 Å². The Morgan fingerprint density at radius 3 is 2.50 bits per heavy atom. The quantitative estimate of drug-likeness (QED) is 0.604. The van der Waals surface area contributed by atoms with Crippen LogP contribution in [-0.2, 0) is 0 Å². The molecule has 0 radical (unpaired) electrons. The third kappa shape index (κ3) is 4.52. The summed E-state index contributed by atoms with van der Waals surface area (Å²) in [5.74, 6) is 0.953. The first kappa shape index (κ1) is 12.8. The molecule has 0 spiro atoms. The zero-order chi connectivity index (χ0) is 11.8. The van der Waals surface area contributed by atoms with E-state index in [9.17, 15) is 0 Å². The van der Waals surface area contributed by atoms with Gasteiger partial charge in [0.25, 0.3) is 0 Å². The Balaban J connectivity index is 2.37. The zero-order valence-electron chi connectivity index (χ0n) is 10.4. The van der Waals surface area contributed by atoms with Crippen LogP contribution in [0.2, 0.25) is 0 Å². The van der Waals surface area contributed by atoms with Gasteiger partial charge in [-0.15, -0.1) is 0 Å². The summed E-state index contributed by atoms with van der Waals surface area (Å²) < 4.78 is 5.83. The van der Waals surface area contributed by atoms with Crippen molar-refractivity contribution in [3.05, 3.63) is 36.4 Å². The maximum absolute atomic E-state index is 5.83. The molecule has 0 aliphatic heterocycles. The maximum atomic E-state index is 5.83. The van der Waals surface area contributed by atoms with Crippen LogP contribution in [-0.4, -0.2) is 6.10 Å². The van der Waals surface area contributed by atoms with Gasteiger partial charge in [-0.25, -0.2) is 0 Å². The van der Waals surface area contributed by atoms with E-state index in [1.54, 1.807) is 0 Å². The van der Waals surface area contributed by atoms with E-state index in [2.05, 4.69) is 20.4 Å². The minimum Gasteiger partial charge on any atom is -0.491 e. The fraction of sp³-hybridized carbons (Fsp3) is 0.467. The lowest BCUT2D eigenvalue weighted by Crippen LogP contribution is -2.11. The van der Waals surface area contributed by atoms with Crippen molar-refractivity contribution >= 4 is 6.08 Å². The van der Waals surface area contributed by atoms with E-state index >= 15 is 0 Å². The predicted octanol–water partition coefficient (Wildman–Crippen LogP) is 4.68. The molecule has 0 N–H and O–H groups in total.